The molecule has 122 valence electrons. The van der Waals surface area contributed by atoms with Gasteiger partial charge in [-0.3, -0.25) is 0 Å². The maximum atomic E-state index is 3.89. The Kier molecular flexibility index (Phi) is 11.6. The number of rotatable bonds is 12. The lowest BCUT2D eigenvalue weighted by molar-refractivity contribution is 0.171. The third-order valence-electron chi connectivity index (χ3n) is 5.09. The normalized spacial score (nSPS) is 19.4. The van der Waals surface area contributed by atoms with Gasteiger partial charge in [-0.25, -0.2) is 0 Å². The molecule has 0 radical (unpaired) electrons. The summed E-state index contributed by atoms with van der Waals surface area (Å²) in [6, 6.07) is 1.30. The van der Waals surface area contributed by atoms with E-state index in [1.165, 1.54) is 44.9 Å². The Morgan fingerprint density at radius 2 is 1.30 bits per heavy atom. The van der Waals surface area contributed by atoms with Gasteiger partial charge in [-0.15, -0.1) is 0 Å². The molecule has 0 fully saturated rings. The molecule has 0 aliphatic heterocycles. The van der Waals surface area contributed by atoms with Gasteiger partial charge in [-0.1, -0.05) is 73.1 Å². The zero-order valence-electron chi connectivity index (χ0n) is 15.3. The Morgan fingerprint density at radius 3 is 1.80 bits per heavy atom. The molecule has 0 bridgehead atoms. The van der Waals surface area contributed by atoms with Gasteiger partial charge in [0.05, 0.1) is 0 Å². The predicted molar refractivity (Wildman–Crippen MR) is 93.2 cm³/mol. The second kappa shape index (κ2) is 11.6. The van der Waals surface area contributed by atoms with E-state index in [1.807, 2.05) is 0 Å². The molecule has 0 saturated heterocycles. The lowest BCUT2D eigenvalue weighted by Gasteiger charge is -2.36. The zero-order chi connectivity index (χ0) is 15.5. The van der Waals surface area contributed by atoms with Crippen molar-refractivity contribution in [1.29, 1.82) is 0 Å². The molecule has 0 saturated carbocycles. The van der Waals surface area contributed by atoms with Gasteiger partial charge in [-0.2, -0.15) is 0 Å². The van der Waals surface area contributed by atoms with Crippen molar-refractivity contribution in [3.63, 3.8) is 0 Å². The lowest BCUT2D eigenvalue weighted by atomic mass is 9.75. The van der Waals surface area contributed by atoms with Gasteiger partial charge in [0, 0.05) is 12.1 Å². The van der Waals surface area contributed by atoms with E-state index in [4.69, 9.17) is 0 Å². The van der Waals surface area contributed by atoms with E-state index >= 15 is 0 Å². The highest BCUT2D eigenvalue weighted by molar-refractivity contribution is 4.82. The molecule has 1 heteroatoms. The third kappa shape index (κ3) is 7.67. The first-order chi connectivity index (χ1) is 9.47. The molecule has 0 spiro atoms. The molecule has 0 heterocycles. The SMILES string of the molecule is CCCCC(C)NC(C)C(C(C)CC)C(C)CCCC. The highest BCUT2D eigenvalue weighted by Crippen LogP contribution is 2.30. The molecule has 0 aliphatic rings. The average molecular weight is 284 g/mol. The fourth-order valence-corrected chi connectivity index (χ4v) is 3.69. The van der Waals surface area contributed by atoms with Crippen LogP contribution in [0.4, 0.5) is 0 Å². The summed E-state index contributed by atoms with van der Waals surface area (Å²) in [5.41, 5.74) is 0. The minimum absolute atomic E-state index is 0.642. The molecule has 5 unspecified atom stereocenters. The molecular formula is C19H41N. The van der Waals surface area contributed by atoms with Gasteiger partial charge >= 0.3 is 0 Å². The Morgan fingerprint density at radius 1 is 0.750 bits per heavy atom. The van der Waals surface area contributed by atoms with Crippen molar-refractivity contribution in [2.24, 2.45) is 17.8 Å². The van der Waals surface area contributed by atoms with Crippen LogP contribution in [0.3, 0.4) is 0 Å². The summed E-state index contributed by atoms with van der Waals surface area (Å²) in [4.78, 5) is 0. The summed E-state index contributed by atoms with van der Waals surface area (Å²) >= 11 is 0. The van der Waals surface area contributed by atoms with Crippen molar-refractivity contribution < 1.29 is 0 Å². The molecule has 5 atom stereocenters. The molecule has 0 aliphatic carbocycles. The second-order valence-corrected chi connectivity index (χ2v) is 7.08. The van der Waals surface area contributed by atoms with E-state index in [2.05, 4.69) is 53.8 Å². The van der Waals surface area contributed by atoms with Crippen LogP contribution < -0.4 is 5.32 Å². The smallest absolute Gasteiger partial charge is 0.00745 e. The number of nitrogens with one attached hydrogen (secondary N) is 1. The van der Waals surface area contributed by atoms with E-state index in [1.54, 1.807) is 0 Å². The first kappa shape index (κ1) is 20.0. The molecule has 0 rings (SSSR count). The van der Waals surface area contributed by atoms with Gasteiger partial charge in [0.1, 0.15) is 0 Å². The third-order valence-corrected chi connectivity index (χ3v) is 5.09. The first-order valence-electron chi connectivity index (χ1n) is 9.23. The highest BCUT2D eigenvalue weighted by Gasteiger charge is 2.28. The second-order valence-electron chi connectivity index (χ2n) is 7.08. The zero-order valence-corrected chi connectivity index (χ0v) is 15.3. The van der Waals surface area contributed by atoms with Crippen molar-refractivity contribution >= 4 is 0 Å². The number of hydrogen-bond donors (Lipinski definition) is 1. The van der Waals surface area contributed by atoms with Crippen molar-refractivity contribution in [2.45, 2.75) is 105 Å². The van der Waals surface area contributed by atoms with E-state index in [-0.39, 0.29) is 0 Å². The van der Waals surface area contributed by atoms with Gasteiger partial charge in [0.2, 0.25) is 0 Å². The van der Waals surface area contributed by atoms with Gasteiger partial charge in [-0.05, 0) is 38.0 Å². The van der Waals surface area contributed by atoms with Crippen molar-refractivity contribution in [3.05, 3.63) is 0 Å². The largest absolute Gasteiger partial charge is 0.311 e. The van der Waals surface area contributed by atoms with Gasteiger partial charge in [0.25, 0.3) is 0 Å². The monoisotopic (exact) mass is 283 g/mol. The van der Waals surface area contributed by atoms with Gasteiger partial charge in [0.15, 0.2) is 0 Å². The fourth-order valence-electron chi connectivity index (χ4n) is 3.69. The average Bonchev–Trinajstić information content (AvgIpc) is 2.42. The Bertz CT molecular complexity index is 214. The van der Waals surface area contributed by atoms with Crippen molar-refractivity contribution in [3.8, 4) is 0 Å². The Balaban J connectivity index is 4.51. The fraction of sp³-hybridized carbons (Fsp3) is 1.00. The van der Waals surface area contributed by atoms with Gasteiger partial charge < -0.3 is 5.32 Å². The van der Waals surface area contributed by atoms with Crippen LogP contribution in [0.2, 0.25) is 0 Å². The van der Waals surface area contributed by atoms with E-state index in [0.29, 0.717) is 12.1 Å². The van der Waals surface area contributed by atoms with Crippen LogP contribution in [0, 0.1) is 17.8 Å². The quantitative estimate of drug-likeness (QED) is 0.461. The number of unbranched alkanes of at least 4 members (excludes halogenated alkanes) is 2. The van der Waals surface area contributed by atoms with Crippen LogP contribution in [-0.2, 0) is 0 Å². The van der Waals surface area contributed by atoms with E-state index in [0.717, 1.165) is 17.8 Å². The summed E-state index contributed by atoms with van der Waals surface area (Å²) < 4.78 is 0. The molecule has 0 aromatic rings. The Hall–Kier alpha value is -0.0400. The standard InChI is InChI=1S/C19H41N/c1-8-11-13-16(5)19(15(4)10-3)18(7)20-17(6)14-12-9-2/h15-20H,8-14H2,1-7H3. The van der Waals surface area contributed by atoms with Crippen LogP contribution in [0.25, 0.3) is 0 Å². The summed E-state index contributed by atoms with van der Waals surface area (Å²) in [7, 11) is 0. The summed E-state index contributed by atoms with van der Waals surface area (Å²) in [6.45, 7) is 16.6. The van der Waals surface area contributed by atoms with Crippen LogP contribution in [-0.4, -0.2) is 12.1 Å². The van der Waals surface area contributed by atoms with Crippen LogP contribution in [0.5, 0.6) is 0 Å². The first-order valence-corrected chi connectivity index (χ1v) is 9.23. The minimum Gasteiger partial charge on any atom is -0.311 e. The topological polar surface area (TPSA) is 12.0 Å². The van der Waals surface area contributed by atoms with Crippen molar-refractivity contribution in [1.82, 2.24) is 5.32 Å². The lowest BCUT2D eigenvalue weighted by Crippen LogP contribution is -2.44. The van der Waals surface area contributed by atoms with Crippen LogP contribution in [0.1, 0.15) is 93.4 Å². The minimum atomic E-state index is 0.642. The summed E-state index contributed by atoms with van der Waals surface area (Å²) in [6.07, 6.45) is 9.37. The summed E-state index contributed by atoms with van der Waals surface area (Å²) in [5.74, 6) is 2.48. The number of hydrogen-bond acceptors (Lipinski definition) is 1. The molecule has 0 aromatic heterocycles. The molecular weight excluding hydrogens is 242 g/mol. The van der Waals surface area contributed by atoms with Crippen LogP contribution >= 0.6 is 0 Å². The summed E-state index contributed by atoms with van der Waals surface area (Å²) in [5, 5.41) is 3.89. The molecule has 0 aromatic carbocycles. The van der Waals surface area contributed by atoms with Crippen LogP contribution in [0.15, 0.2) is 0 Å². The maximum absolute atomic E-state index is 3.89. The maximum Gasteiger partial charge on any atom is 0.00745 e. The van der Waals surface area contributed by atoms with E-state index < -0.39 is 0 Å². The van der Waals surface area contributed by atoms with Crippen molar-refractivity contribution in [2.75, 3.05) is 0 Å². The molecule has 20 heavy (non-hydrogen) atoms. The molecule has 0 amide bonds. The highest BCUT2D eigenvalue weighted by atomic mass is 14.9. The Labute approximate surface area is 129 Å². The predicted octanol–water partition coefficient (Wildman–Crippen LogP) is 6.03. The van der Waals surface area contributed by atoms with E-state index in [9.17, 15) is 0 Å². The molecule has 1 N–H and O–H groups in total. The molecule has 1 nitrogen and oxygen atoms in total.